The molecule has 2 aromatic heterocycles. The highest BCUT2D eigenvalue weighted by atomic mass is 19.1. The maximum atomic E-state index is 14.0. The van der Waals surface area contributed by atoms with Gasteiger partial charge in [0, 0.05) is 38.3 Å². The zero-order valence-electron chi connectivity index (χ0n) is 20.1. The van der Waals surface area contributed by atoms with Crippen LogP contribution < -0.4 is 15.0 Å². The first-order chi connectivity index (χ1) is 17.7. The van der Waals surface area contributed by atoms with Gasteiger partial charge in [-0.2, -0.15) is 4.98 Å². The molecule has 3 heterocycles. The molecule has 2 aromatic carbocycles. The highest BCUT2D eigenvalue weighted by molar-refractivity contribution is 5.59. The van der Waals surface area contributed by atoms with Crippen LogP contribution in [-0.4, -0.2) is 71.6 Å². The van der Waals surface area contributed by atoms with E-state index in [9.17, 15) is 4.39 Å². The van der Waals surface area contributed by atoms with Gasteiger partial charge in [0.1, 0.15) is 17.4 Å². The molecule has 1 N–H and O–H groups in total. The summed E-state index contributed by atoms with van der Waals surface area (Å²) < 4.78 is 24.5. The predicted molar refractivity (Wildman–Crippen MR) is 135 cm³/mol. The van der Waals surface area contributed by atoms with Crippen LogP contribution >= 0.6 is 0 Å². The van der Waals surface area contributed by atoms with Crippen molar-refractivity contribution in [1.82, 2.24) is 25.2 Å². The number of para-hydroxylation sites is 1. The van der Waals surface area contributed by atoms with Crippen LogP contribution in [0.1, 0.15) is 6.42 Å². The normalized spacial score (nSPS) is 14.1. The largest absolute Gasteiger partial charge is 0.497 e. The smallest absolute Gasteiger partial charge is 0.278 e. The third-order valence-electron chi connectivity index (χ3n) is 6.18. The van der Waals surface area contributed by atoms with E-state index in [1.54, 1.807) is 13.2 Å². The maximum Gasteiger partial charge on any atom is 0.278 e. The third kappa shape index (κ3) is 5.60. The monoisotopic (exact) mass is 489 g/mol. The Bertz CT molecular complexity index is 1260. The summed E-state index contributed by atoms with van der Waals surface area (Å²) in [5, 5.41) is 15.8. The van der Waals surface area contributed by atoms with Gasteiger partial charge >= 0.3 is 0 Å². The van der Waals surface area contributed by atoms with Crippen molar-refractivity contribution in [2.24, 2.45) is 0 Å². The Labute approximate surface area is 208 Å². The second-order valence-electron chi connectivity index (χ2n) is 8.52. The molecule has 0 bridgehead atoms. The summed E-state index contributed by atoms with van der Waals surface area (Å²) in [6.07, 6.45) is 0.970. The third-order valence-corrected chi connectivity index (χ3v) is 6.18. The number of hydrogen-bond acceptors (Lipinski definition) is 9. The SMILES string of the molecule is COc1ccc(-c2noc(-c3ccc(NCCCN4CCN(c5ccccc5F)CC4)nn3)n2)cc1. The van der Waals surface area contributed by atoms with E-state index in [0.717, 1.165) is 57.0 Å². The molecule has 0 saturated carbocycles. The van der Waals surface area contributed by atoms with Crippen molar-refractivity contribution in [3.8, 4) is 28.7 Å². The van der Waals surface area contributed by atoms with Crippen LogP contribution in [0.2, 0.25) is 0 Å². The summed E-state index contributed by atoms with van der Waals surface area (Å²) in [6, 6.07) is 18.1. The van der Waals surface area contributed by atoms with E-state index in [4.69, 9.17) is 9.26 Å². The standard InChI is InChI=1S/C26H28FN7O2/c1-35-20-9-7-19(8-10-20)25-29-26(36-32-25)22-11-12-24(31-30-22)28-13-4-14-33-15-17-34(18-16-33)23-6-3-2-5-21(23)27/h2-3,5-12H,4,13-18H2,1H3,(H,28,31). The first-order valence-electron chi connectivity index (χ1n) is 12.0. The molecule has 0 spiro atoms. The van der Waals surface area contributed by atoms with E-state index in [2.05, 4.69) is 35.5 Å². The number of piperazine rings is 1. The Kier molecular flexibility index (Phi) is 7.32. The lowest BCUT2D eigenvalue weighted by molar-refractivity contribution is 0.256. The maximum absolute atomic E-state index is 14.0. The summed E-state index contributed by atoms with van der Waals surface area (Å²) >= 11 is 0. The fraction of sp³-hybridized carbons (Fsp3) is 0.308. The lowest BCUT2D eigenvalue weighted by Crippen LogP contribution is -2.47. The van der Waals surface area contributed by atoms with Crippen molar-refractivity contribution >= 4 is 11.5 Å². The van der Waals surface area contributed by atoms with Crippen molar-refractivity contribution in [2.75, 3.05) is 56.6 Å². The molecule has 1 aliphatic heterocycles. The minimum absolute atomic E-state index is 0.154. The van der Waals surface area contributed by atoms with Gasteiger partial charge in [-0.15, -0.1) is 10.2 Å². The van der Waals surface area contributed by atoms with Crippen LogP contribution in [-0.2, 0) is 0 Å². The highest BCUT2D eigenvalue weighted by Gasteiger charge is 2.19. The number of aromatic nitrogens is 4. The molecular formula is C26H28FN7O2. The average Bonchev–Trinajstić information content (AvgIpc) is 3.43. The van der Waals surface area contributed by atoms with E-state index in [0.29, 0.717) is 28.9 Å². The topological polar surface area (TPSA) is 92.4 Å². The van der Waals surface area contributed by atoms with E-state index < -0.39 is 0 Å². The van der Waals surface area contributed by atoms with Gasteiger partial charge in [-0.25, -0.2) is 4.39 Å². The van der Waals surface area contributed by atoms with Gasteiger partial charge in [0.15, 0.2) is 5.69 Å². The minimum atomic E-state index is -0.154. The van der Waals surface area contributed by atoms with Gasteiger partial charge in [-0.05, 0) is 61.5 Å². The number of nitrogens with one attached hydrogen (secondary N) is 1. The molecule has 0 aliphatic carbocycles. The number of hydrogen-bond donors (Lipinski definition) is 1. The summed E-state index contributed by atoms with van der Waals surface area (Å²) in [4.78, 5) is 8.94. The van der Waals surface area contributed by atoms with Crippen LogP contribution in [0, 0.1) is 5.82 Å². The minimum Gasteiger partial charge on any atom is -0.497 e. The number of anilines is 2. The summed E-state index contributed by atoms with van der Waals surface area (Å²) in [5.41, 5.74) is 2.03. The van der Waals surface area contributed by atoms with Crippen molar-refractivity contribution in [3.63, 3.8) is 0 Å². The average molecular weight is 490 g/mol. The number of halogens is 1. The fourth-order valence-corrected chi connectivity index (χ4v) is 4.17. The van der Waals surface area contributed by atoms with Gasteiger partial charge in [0.05, 0.1) is 12.8 Å². The van der Waals surface area contributed by atoms with Gasteiger partial charge < -0.3 is 19.5 Å². The second-order valence-corrected chi connectivity index (χ2v) is 8.52. The van der Waals surface area contributed by atoms with Gasteiger partial charge in [-0.1, -0.05) is 17.3 Å². The lowest BCUT2D eigenvalue weighted by Gasteiger charge is -2.36. The Morgan fingerprint density at radius 3 is 2.50 bits per heavy atom. The second kappa shape index (κ2) is 11.1. The zero-order chi connectivity index (χ0) is 24.7. The molecule has 0 radical (unpaired) electrons. The van der Waals surface area contributed by atoms with Gasteiger partial charge in [0.2, 0.25) is 5.82 Å². The lowest BCUT2D eigenvalue weighted by atomic mass is 10.2. The highest BCUT2D eigenvalue weighted by Crippen LogP contribution is 2.23. The molecule has 0 amide bonds. The number of methoxy groups -OCH3 is 1. The molecule has 10 heteroatoms. The molecule has 0 unspecified atom stereocenters. The molecule has 1 saturated heterocycles. The summed E-state index contributed by atoms with van der Waals surface area (Å²) in [6.45, 7) is 5.26. The first-order valence-corrected chi connectivity index (χ1v) is 12.0. The Morgan fingerprint density at radius 2 is 1.78 bits per heavy atom. The Balaban J connectivity index is 1.06. The van der Waals surface area contributed by atoms with Gasteiger partial charge in [-0.3, -0.25) is 4.90 Å². The molecule has 0 atom stereocenters. The molecule has 186 valence electrons. The van der Waals surface area contributed by atoms with E-state index in [1.165, 1.54) is 6.07 Å². The molecule has 4 aromatic rings. The van der Waals surface area contributed by atoms with E-state index in [-0.39, 0.29) is 5.82 Å². The number of ether oxygens (including phenoxy) is 1. The van der Waals surface area contributed by atoms with Crippen LogP contribution in [0.25, 0.3) is 23.0 Å². The fourth-order valence-electron chi connectivity index (χ4n) is 4.17. The summed E-state index contributed by atoms with van der Waals surface area (Å²) in [7, 11) is 1.62. The van der Waals surface area contributed by atoms with Gasteiger partial charge in [0.25, 0.3) is 5.89 Å². The first kappa shape index (κ1) is 23.7. The Morgan fingerprint density at radius 1 is 0.972 bits per heavy atom. The van der Waals surface area contributed by atoms with Crippen LogP contribution in [0.15, 0.2) is 65.2 Å². The molecule has 1 fully saturated rings. The van der Waals surface area contributed by atoms with Crippen molar-refractivity contribution in [2.45, 2.75) is 6.42 Å². The molecule has 5 rings (SSSR count). The van der Waals surface area contributed by atoms with Crippen molar-refractivity contribution in [3.05, 3.63) is 66.5 Å². The van der Waals surface area contributed by atoms with Crippen LogP contribution in [0.5, 0.6) is 5.75 Å². The predicted octanol–water partition coefficient (Wildman–Crippen LogP) is 3.97. The van der Waals surface area contributed by atoms with E-state index >= 15 is 0 Å². The molecule has 1 aliphatic rings. The van der Waals surface area contributed by atoms with E-state index in [1.807, 2.05) is 48.5 Å². The molecule has 9 nitrogen and oxygen atoms in total. The zero-order valence-corrected chi connectivity index (χ0v) is 20.1. The Hall–Kier alpha value is -4.05. The number of nitrogens with zero attached hydrogens (tertiary/aromatic N) is 6. The number of rotatable bonds is 9. The quantitative estimate of drug-likeness (QED) is 0.351. The van der Waals surface area contributed by atoms with Crippen molar-refractivity contribution in [1.29, 1.82) is 0 Å². The van der Waals surface area contributed by atoms with Crippen molar-refractivity contribution < 1.29 is 13.7 Å². The number of benzene rings is 2. The molecule has 36 heavy (non-hydrogen) atoms. The van der Waals surface area contributed by atoms with Crippen LogP contribution in [0.4, 0.5) is 15.9 Å². The van der Waals surface area contributed by atoms with Crippen LogP contribution in [0.3, 0.4) is 0 Å². The summed E-state index contributed by atoms with van der Waals surface area (Å²) in [5.74, 6) is 2.09. The molecular weight excluding hydrogens is 461 g/mol.